The maximum absolute atomic E-state index is 14.5. The molecule has 1 atom stereocenters. The highest BCUT2D eigenvalue weighted by molar-refractivity contribution is 5.95. The Balaban J connectivity index is 1.32. The minimum atomic E-state index is -1.49. The number of methoxy groups -OCH3 is 2. The van der Waals surface area contributed by atoms with E-state index < -0.39 is 46.9 Å². The second kappa shape index (κ2) is 10.3. The summed E-state index contributed by atoms with van der Waals surface area (Å²) in [5.74, 6) is -4.50. The number of cyclic esters (lactones) is 1. The number of carbonyl (C=O) groups is 2. The van der Waals surface area contributed by atoms with Crippen molar-refractivity contribution in [3.8, 4) is 17.2 Å². The number of carbonyl (C=O) groups excluding carboxylic acids is 2. The third kappa shape index (κ3) is 5.08. The van der Waals surface area contributed by atoms with Crippen LogP contribution in [0.2, 0.25) is 0 Å². The molecule has 2 aliphatic rings. The first-order chi connectivity index (χ1) is 16.8. The molecular weight excluding hydrogens is 469 g/mol. The van der Waals surface area contributed by atoms with Gasteiger partial charge in [0.2, 0.25) is 5.82 Å². The first-order valence-corrected chi connectivity index (χ1v) is 11.1. The molecule has 2 heterocycles. The third-order valence-electron chi connectivity index (χ3n) is 6.14. The highest BCUT2D eigenvalue weighted by Crippen LogP contribution is 2.29. The first-order valence-electron chi connectivity index (χ1n) is 11.1. The van der Waals surface area contributed by atoms with Crippen molar-refractivity contribution in [3.63, 3.8) is 0 Å². The highest BCUT2D eigenvalue weighted by Gasteiger charge is 2.39. The molecule has 0 radical (unpaired) electrons. The Hall–Kier alpha value is -3.63. The molecule has 2 aliphatic heterocycles. The molecule has 2 aromatic carbocycles. The average molecular weight is 494 g/mol. The molecule has 4 rings (SSSR count). The predicted molar refractivity (Wildman–Crippen MR) is 117 cm³/mol. The van der Waals surface area contributed by atoms with Crippen molar-refractivity contribution >= 4 is 12.0 Å². The monoisotopic (exact) mass is 494 g/mol. The van der Waals surface area contributed by atoms with Crippen LogP contribution in [0.5, 0.6) is 17.2 Å². The standard InChI is InChI=1S/C24H25F3N2O6/c1-32-15-3-5-16(6-4-15)34-13-17-12-29(24(31)35-17)14-7-9-28(10-8-14)23(30)18-11-19(25)21(27)22(33-2)20(18)26/h3-6,11,14,17H,7-10,12-13H2,1-2H3. The minimum absolute atomic E-state index is 0.179. The van der Waals surface area contributed by atoms with Gasteiger partial charge < -0.3 is 28.7 Å². The van der Waals surface area contributed by atoms with Gasteiger partial charge >= 0.3 is 6.09 Å². The summed E-state index contributed by atoms with van der Waals surface area (Å²) in [6, 6.07) is 7.39. The summed E-state index contributed by atoms with van der Waals surface area (Å²) in [4.78, 5) is 28.1. The van der Waals surface area contributed by atoms with E-state index in [2.05, 4.69) is 4.74 Å². The summed E-state index contributed by atoms with van der Waals surface area (Å²) in [5.41, 5.74) is -0.601. The Morgan fingerprint density at radius 2 is 1.69 bits per heavy atom. The first kappa shape index (κ1) is 24.5. The maximum atomic E-state index is 14.5. The number of benzene rings is 2. The van der Waals surface area contributed by atoms with E-state index in [4.69, 9.17) is 14.2 Å². The number of ether oxygens (including phenoxy) is 4. The van der Waals surface area contributed by atoms with E-state index in [9.17, 15) is 22.8 Å². The van der Waals surface area contributed by atoms with Gasteiger partial charge in [-0.1, -0.05) is 0 Å². The van der Waals surface area contributed by atoms with Crippen molar-refractivity contribution in [2.75, 3.05) is 40.5 Å². The third-order valence-corrected chi connectivity index (χ3v) is 6.14. The Morgan fingerprint density at radius 3 is 2.31 bits per heavy atom. The molecule has 8 nitrogen and oxygen atoms in total. The molecule has 2 fully saturated rings. The summed E-state index contributed by atoms with van der Waals surface area (Å²) in [7, 11) is 2.56. The summed E-state index contributed by atoms with van der Waals surface area (Å²) in [6.45, 7) is 0.938. The molecule has 0 bridgehead atoms. The highest BCUT2D eigenvalue weighted by atomic mass is 19.2. The quantitative estimate of drug-likeness (QED) is 0.548. The van der Waals surface area contributed by atoms with E-state index >= 15 is 0 Å². The van der Waals surface area contributed by atoms with Crippen LogP contribution < -0.4 is 14.2 Å². The second-order valence-electron chi connectivity index (χ2n) is 8.24. The van der Waals surface area contributed by atoms with Gasteiger partial charge in [0.05, 0.1) is 26.3 Å². The SMILES string of the molecule is COc1ccc(OCC2CN(C3CCN(C(=O)c4cc(F)c(F)c(OC)c4F)CC3)C(=O)O2)cc1. The van der Waals surface area contributed by atoms with Crippen molar-refractivity contribution in [2.24, 2.45) is 0 Å². The van der Waals surface area contributed by atoms with Crippen LogP contribution in [0.15, 0.2) is 30.3 Å². The largest absolute Gasteiger partial charge is 0.497 e. The van der Waals surface area contributed by atoms with E-state index in [1.54, 1.807) is 36.3 Å². The Morgan fingerprint density at radius 1 is 1.03 bits per heavy atom. The fourth-order valence-corrected chi connectivity index (χ4v) is 4.25. The van der Waals surface area contributed by atoms with Crippen LogP contribution in [0.3, 0.4) is 0 Å². The Labute approximate surface area is 200 Å². The van der Waals surface area contributed by atoms with Gasteiger partial charge in [0.1, 0.15) is 18.1 Å². The number of hydrogen-bond acceptors (Lipinski definition) is 6. The molecule has 0 N–H and O–H groups in total. The van der Waals surface area contributed by atoms with Gasteiger partial charge in [-0.3, -0.25) is 4.79 Å². The van der Waals surface area contributed by atoms with Gasteiger partial charge in [0.15, 0.2) is 23.5 Å². The number of nitrogens with zero attached hydrogens (tertiary/aromatic N) is 2. The van der Waals surface area contributed by atoms with Gasteiger partial charge in [0.25, 0.3) is 5.91 Å². The number of rotatable bonds is 7. The van der Waals surface area contributed by atoms with E-state index in [0.717, 1.165) is 7.11 Å². The van der Waals surface area contributed by atoms with Crippen LogP contribution in [0, 0.1) is 17.5 Å². The molecule has 0 aromatic heterocycles. The number of likely N-dealkylation sites (tertiary alicyclic amines) is 1. The Bertz CT molecular complexity index is 1090. The van der Waals surface area contributed by atoms with Gasteiger partial charge in [-0.25, -0.2) is 13.6 Å². The zero-order valence-corrected chi connectivity index (χ0v) is 19.3. The van der Waals surface area contributed by atoms with Gasteiger partial charge in [0, 0.05) is 19.1 Å². The Kier molecular flexibility index (Phi) is 7.23. The molecule has 2 amide bonds. The minimum Gasteiger partial charge on any atom is -0.497 e. The number of hydrogen-bond donors (Lipinski definition) is 0. The number of piperidine rings is 1. The van der Waals surface area contributed by atoms with Crippen molar-refractivity contribution < 1.29 is 41.7 Å². The number of halogens is 3. The lowest BCUT2D eigenvalue weighted by atomic mass is 10.0. The molecule has 0 spiro atoms. The fourth-order valence-electron chi connectivity index (χ4n) is 4.25. The van der Waals surface area contributed by atoms with E-state index in [1.165, 1.54) is 4.90 Å². The fraction of sp³-hybridized carbons (Fsp3) is 0.417. The predicted octanol–water partition coefficient (Wildman–Crippen LogP) is 3.63. The molecular formula is C24H25F3N2O6. The lowest BCUT2D eigenvalue weighted by Crippen LogP contribution is -2.47. The van der Waals surface area contributed by atoms with E-state index in [1.807, 2.05) is 0 Å². The number of amides is 2. The summed E-state index contributed by atoms with van der Waals surface area (Å²) in [5, 5.41) is 0. The van der Waals surface area contributed by atoms with E-state index in [-0.39, 0.29) is 25.7 Å². The molecule has 188 valence electrons. The lowest BCUT2D eigenvalue weighted by molar-refractivity contribution is 0.0652. The normalized spacial score (nSPS) is 18.4. The molecule has 11 heteroatoms. The zero-order chi connectivity index (χ0) is 25.1. The van der Waals surface area contributed by atoms with Gasteiger partial charge in [-0.05, 0) is 43.2 Å². The average Bonchev–Trinajstić information content (AvgIpc) is 3.25. The van der Waals surface area contributed by atoms with Crippen LogP contribution in [0.1, 0.15) is 23.2 Å². The lowest BCUT2D eigenvalue weighted by Gasteiger charge is -2.35. The van der Waals surface area contributed by atoms with Crippen molar-refractivity contribution in [2.45, 2.75) is 25.0 Å². The molecule has 0 saturated carbocycles. The van der Waals surface area contributed by atoms with Crippen LogP contribution in [-0.4, -0.2) is 74.4 Å². The molecule has 35 heavy (non-hydrogen) atoms. The van der Waals surface area contributed by atoms with Gasteiger partial charge in [-0.2, -0.15) is 4.39 Å². The summed E-state index contributed by atoms with van der Waals surface area (Å²) in [6.07, 6.45) is -0.0625. The van der Waals surface area contributed by atoms with Crippen molar-refractivity contribution in [3.05, 3.63) is 53.3 Å². The van der Waals surface area contributed by atoms with E-state index in [0.29, 0.717) is 37.0 Å². The second-order valence-corrected chi connectivity index (χ2v) is 8.24. The van der Waals surface area contributed by atoms with Crippen LogP contribution in [-0.2, 0) is 4.74 Å². The summed E-state index contributed by atoms with van der Waals surface area (Å²) < 4.78 is 62.8. The molecule has 2 aromatic rings. The van der Waals surface area contributed by atoms with Crippen molar-refractivity contribution in [1.29, 1.82) is 0 Å². The van der Waals surface area contributed by atoms with Crippen LogP contribution in [0.25, 0.3) is 0 Å². The zero-order valence-electron chi connectivity index (χ0n) is 19.3. The van der Waals surface area contributed by atoms with Gasteiger partial charge in [-0.15, -0.1) is 0 Å². The molecule has 1 unspecified atom stereocenters. The van der Waals surface area contributed by atoms with Crippen LogP contribution >= 0.6 is 0 Å². The topological polar surface area (TPSA) is 77.5 Å². The summed E-state index contributed by atoms with van der Waals surface area (Å²) >= 11 is 0. The van der Waals surface area contributed by atoms with Crippen molar-refractivity contribution in [1.82, 2.24) is 9.80 Å². The van der Waals surface area contributed by atoms with Crippen LogP contribution in [0.4, 0.5) is 18.0 Å². The maximum Gasteiger partial charge on any atom is 0.410 e. The smallest absolute Gasteiger partial charge is 0.410 e. The molecule has 2 saturated heterocycles. The molecule has 0 aliphatic carbocycles.